The van der Waals surface area contributed by atoms with Gasteiger partial charge in [0.25, 0.3) is 0 Å². The molecule has 1 aliphatic heterocycles. The van der Waals surface area contributed by atoms with Gasteiger partial charge < -0.3 is 18.1 Å². The highest BCUT2D eigenvalue weighted by molar-refractivity contribution is 7.21. The summed E-state index contributed by atoms with van der Waals surface area (Å²) in [5.74, 6) is 0. The largest absolute Gasteiger partial charge is 1.00 e. The Balaban J connectivity index is 0.00000161. The first-order chi connectivity index (χ1) is 9.69. The molecule has 0 amide bonds. The molecule has 110 valence electrons. The minimum atomic E-state index is 0. The number of nitrogens with two attached hydrogens (primary N) is 2. The SMILES string of the molecule is CCCCc1c(N)ccc2nc3ccc(=[NH2+])cc-3sc12.[Cl-]. The smallest absolute Gasteiger partial charge is 0.198 e. The second kappa shape index (κ2) is 6.41. The number of aromatic nitrogens is 1. The van der Waals surface area contributed by atoms with Gasteiger partial charge in [0.05, 0.1) is 20.8 Å². The highest BCUT2D eigenvalue weighted by atomic mass is 35.5. The molecule has 2 aliphatic rings. The lowest BCUT2D eigenvalue weighted by Crippen LogP contribution is -3.00. The summed E-state index contributed by atoms with van der Waals surface area (Å²) in [7, 11) is 0. The summed E-state index contributed by atoms with van der Waals surface area (Å²) in [5, 5.41) is 6.64. The van der Waals surface area contributed by atoms with Gasteiger partial charge in [-0.15, -0.1) is 11.3 Å². The number of nitrogens with zero attached hydrogens (tertiary/aromatic N) is 1. The Bertz CT molecular complexity index is 797. The zero-order chi connectivity index (χ0) is 14.1. The second-order valence-electron chi connectivity index (χ2n) is 5.03. The van der Waals surface area contributed by atoms with Gasteiger partial charge in [-0.2, -0.15) is 0 Å². The molecule has 5 heteroatoms. The van der Waals surface area contributed by atoms with Gasteiger partial charge in [-0.3, -0.25) is 5.41 Å². The number of halogens is 1. The van der Waals surface area contributed by atoms with Crippen molar-refractivity contribution in [1.29, 1.82) is 0 Å². The minimum absolute atomic E-state index is 0. The van der Waals surface area contributed by atoms with Crippen LogP contribution in [0, 0.1) is 0 Å². The summed E-state index contributed by atoms with van der Waals surface area (Å²) in [6, 6.07) is 9.83. The number of fused-ring (bicyclic) bond motifs is 2. The number of unbranched alkanes of at least 4 members (excludes halogenated alkanes) is 1. The molecule has 1 aliphatic carbocycles. The molecule has 3 rings (SSSR count). The molecule has 0 unspecified atom stereocenters. The molecule has 21 heavy (non-hydrogen) atoms. The molecule has 3 nitrogen and oxygen atoms in total. The van der Waals surface area contributed by atoms with Crippen LogP contribution in [-0.2, 0) is 6.42 Å². The standard InChI is InChI=1S/C16H17N3S.ClH/c1-2-3-4-11-12(18)6-8-14-16(11)20-15-9-10(17)5-7-13(15)19-14;/h5-9,17H,2-4,18H2,1H3;1H. The first-order valence-electron chi connectivity index (χ1n) is 6.89. The topological polar surface area (TPSA) is 64.5 Å². The van der Waals surface area contributed by atoms with Gasteiger partial charge in [0, 0.05) is 17.8 Å². The van der Waals surface area contributed by atoms with Crippen molar-refractivity contribution in [2.75, 3.05) is 5.73 Å². The zero-order valence-electron chi connectivity index (χ0n) is 11.9. The van der Waals surface area contributed by atoms with Gasteiger partial charge in [-0.05, 0) is 36.6 Å². The van der Waals surface area contributed by atoms with E-state index in [1.165, 1.54) is 10.3 Å². The molecule has 0 radical (unpaired) electrons. The summed E-state index contributed by atoms with van der Waals surface area (Å²) in [6.07, 6.45) is 3.31. The number of anilines is 1. The Hall–Kier alpha value is -1.65. The summed E-state index contributed by atoms with van der Waals surface area (Å²) in [6.45, 7) is 2.19. The third-order valence-corrected chi connectivity index (χ3v) is 4.70. The summed E-state index contributed by atoms with van der Waals surface area (Å²) >= 11 is 1.73. The van der Waals surface area contributed by atoms with Gasteiger partial charge in [0.15, 0.2) is 5.36 Å². The fourth-order valence-electron chi connectivity index (χ4n) is 2.39. The molecule has 0 saturated carbocycles. The van der Waals surface area contributed by atoms with Crippen LogP contribution >= 0.6 is 11.3 Å². The van der Waals surface area contributed by atoms with Crippen LogP contribution < -0.4 is 28.9 Å². The van der Waals surface area contributed by atoms with Gasteiger partial charge >= 0.3 is 0 Å². The Morgan fingerprint density at radius 2 is 2.05 bits per heavy atom. The highest BCUT2D eigenvalue weighted by Gasteiger charge is 2.12. The third-order valence-electron chi connectivity index (χ3n) is 3.49. The van der Waals surface area contributed by atoms with E-state index in [-0.39, 0.29) is 12.4 Å². The van der Waals surface area contributed by atoms with E-state index < -0.39 is 0 Å². The molecule has 0 fully saturated rings. The van der Waals surface area contributed by atoms with E-state index in [2.05, 4.69) is 6.92 Å². The fraction of sp³-hybridized carbons (Fsp3) is 0.250. The number of hydrogen-bond acceptors (Lipinski definition) is 3. The van der Waals surface area contributed by atoms with Gasteiger partial charge in [0.2, 0.25) is 0 Å². The van der Waals surface area contributed by atoms with Crippen molar-refractivity contribution in [2.24, 2.45) is 0 Å². The lowest BCUT2D eigenvalue weighted by atomic mass is 10.1. The van der Waals surface area contributed by atoms with Crippen molar-refractivity contribution in [3.8, 4) is 10.6 Å². The van der Waals surface area contributed by atoms with Crippen molar-refractivity contribution in [1.82, 2.24) is 4.98 Å². The van der Waals surface area contributed by atoms with E-state index >= 15 is 0 Å². The van der Waals surface area contributed by atoms with E-state index in [1.807, 2.05) is 30.3 Å². The predicted octanol–water partition coefficient (Wildman–Crippen LogP) is -1.01. The lowest BCUT2D eigenvalue weighted by molar-refractivity contribution is -0.172. The van der Waals surface area contributed by atoms with Crippen LogP contribution in [0.1, 0.15) is 25.3 Å². The van der Waals surface area contributed by atoms with Crippen LogP contribution in [0.2, 0.25) is 0 Å². The second-order valence-corrected chi connectivity index (χ2v) is 6.08. The molecule has 1 aromatic rings. The van der Waals surface area contributed by atoms with Crippen molar-refractivity contribution in [3.05, 3.63) is 41.3 Å². The monoisotopic (exact) mass is 319 g/mol. The number of hydrogen-bond donors (Lipinski definition) is 2. The number of rotatable bonds is 3. The van der Waals surface area contributed by atoms with Crippen molar-refractivity contribution in [2.45, 2.75) is 26.2 Å². The molecule has 0 saturated heterocycles. The average Bonchev–Trinajstić information content (AvgIpc) is 2.44. The van der Waals surface area contributed by atoms with E-state index in [4.69, 9.17) is 16.1 Å². The number of benzene rings is 2. The molecule has 0 aromatic heterocycles. The third kappa shape index (κ3) is 3.01. The van der Waals surface area contributed by atoms with Crippen molar-refractivity contribution >= 4 is 27.2 Å². The molecule has 0 atom stereocenters. The van der Waals surface area contributed by atoms with Crippen LogP contribution in [0.15, 0.2) is 30.3 Å². The maximum absolute atomic E-state index is 6.16. The summed E-state index contributed by atoms with van der Waals surface area (Å²) in [5.41, 5.74) is 10.3. The average molecular weight is 320 g/mol. The Kier molecular flexibility index (Phi) is 4.80. The Labute approximate surface area is 134 Å². The molecular formula is C16H18ClN3S. The zero-order valence-corrected chi connectivity index (χ0v) is 13.5. The van der Waals surface area contributed by atoms with Crippen molar-refractivity contribution < 1.29 is 17.8 Å². The van der Waals surface area contributed by atoms with Gasteiger partial charge in [0.1, 0.15) is 0 Å². The first-order valence-corrected chi connectivity index (χ1v) is 7.71. The summed E-state index contributed by atoms with van der Waals surface area (Å²) < 4.78 is 1.19. The normalized spacial score (nSPS) is 10.7. The van der Waals surface area contributed by atoms with Crippen molar-refractivity contribution in [3.63, 3.8) is 0 Å². The van der Waals surface area contributed by atoms with E-state index in [9.17, 15) is 0 Å². The highest BCUT2D eigenvalue weighted by Crippen LogP contribution is 2.34. The molecule has 0 bridgehead atoms. The molecular weight excluding hydrogens is 302 g/mol. The Morgan fingerprint density at radius 3 is 2.81 bits per heavy atom. The number of aryl methyl sites for hydroxylation is 1. The van der Waals surface area contributed by atoms with Crippen LogP contribution in [-0.4, -0.2) is 4.98 Å². The first kappa shape index (κ1) is 15.7. The fourth-order valence-corrected chi connectivity index (χ4v) is 3.58. The predicted molar refractivity (Wildman–Crippen MR) is 84.3 cm³/mol. The van der Waals surface area contributed by atoms with E-state index in [0.717, 1.165) is 46.4 Å². The molecule has 1 aromatic carbocycles. The lowest BCUT2D eigenvalue weighted by Gasteiger charge is -2.11. The maximum Gasteiger partial charge on any atom is 0.198 e. The van der Waals surface area contributed by atoms with Crippen LogP contribution in [0.4, 0.5) is 5.69 Å². The van der Waals surface area contributed by atoms with E-state index in [0.29, 0.717) is 0 Å². The van der Waals surface area contributed by atoms with Crippen LogP contribution in [0.3, 0.4) is 0 Å². The maximum atomic E-state index is 6.16. The minimum Gasteiger partial charge on any atom is -1.00 e. The number of nitrogen functional groups attached to an aromatic ring is 1. The van der Waals surface area contributed by atoms with Gasteiger partial charge in [-0.25, -0.2) is 4.98 Å². The quantitative estimate of drug-likeness (QED) is 0.480. The molecule has 4 N–H and O–H groups in total. The molecule has 0 spiro atoms. The van der Waals surface area contributed by atoms with Gasteiger partial charge in [-0.1, -0.05) is 13.3 Å². The van der Waals surface area contributed by atoms with E-state index in [1.54, 1.807) is 11.3 Å². The van der Waals surface area contributed by atoms with Crippen LogP contribution in [0.5, 0.6) is 0 Å². The summed E-state index contributed by atoms with van der Waals surface area (Å²) in [4.78, 5) is 5.84. The molecule has 1 heterocycles. The van der Waals surface area contributed by atoms with Crippen LogP contribution in [0.25, 0.3) is 20.8 Å². The Morgan fingerprint density at radius 1 is 1.24 bits per heavy atom.